The molecule has 1 aliphatic carbocycles. The molecule has 3 aromatic rings. The number of thiophene rings is 1. The number of aromatic nitrogens is 2. The molecule has 5 nitrogen and oxygen atoms in total. The molecule has 0 unspecified atom stereocenters. The first kappa shape index (κ1) is 17.9. The van der Waals surface area contributed by atoms with Crippen molar-refractivity contribution in [1.82, 2.24) is 19.6 Å². The van der Waals surface area contributed by atoms with Crippen LogP contribution in [0.5, 0.6) is 0 Å². The van der Waals surface area contributed by atoms with Gasteiger partial charge in [0, 0.05) is 47.2 Å². The summed E-state index contributed by atoms with van der Waals surface area (Å²) in [4.78, 5) is 18.9. The lowest BCUT2D eigenvalue weighted by atomic mass is 9.94. The average molecular weight is 413 g/mol. The van der Waals surface area contributed by atoms with Crippen molar-refractivity contribution < 1.29 is 4.79 Å². The molecular formula is C21H21ClN4OS. The Labute approximate surface area is 173 Å². The highest BCUT2D eigenvalue weighted by Crippen LogP contribution is 2.39. The quantitative estimate of drug-likeness (QED) is 0.643. The normalized spacial score (nSPS) is 16.7. The van der Waals surface area contributed by atoms with E-state index in [2.05, 4.69) is 23.4 Å². The van der Waals surface area contributed by atoms with Gasteiger partial charge in [-0.05, 0) is 55.6 Å². The summed E-state index contributed by atoms with van der Waals surface area (Å²) in [7, 11) is 2.09. The molecule has 2 aliphatic rings. The number of carbonyl (C=O) groups is 1. The molecule has 3 heterocycles. The Hall–Kier alpha value is -2.15. The third-order valence-corrected chi connectivity index (χ3v) is 6.88. The van der Waals surface area contributed by atoms with Crippen LogP contribution in [-0.2, 0) is 12.8 Å². The monoisotopic (exact) mass is 412 g/mol. The summed E-state index contributed by atoms with van der Waals surface area (Å²) < 4.78 is 1.93. The Kier molecular flexibility index (Phi) is 4.50. The van der Waals surface area contributed by atoms with Crippen LogP contribution in [0.1, 0.15) is 20.9 Å². The summed E-state index contributed by atoms with van der Waals surface area (Å²) >= 11 is 7.86. The lowest BCUT2D eigenvalue weighted by Gasteiger charge is -2.32. The summed E-state index contributed by atoms with van der Waals surface area (Å²) in [6.07, 6.45) is 1.82. The number of nitrogens with zero attached hydrogens (tertiary/aromatic N) is 4. The van der Waals surface area contributed by atoms with Crippen molar-refractivity contribution in [3.63, 3.8) is 0 Å². The molecule has 0 bridgehead atoms. The van der Waals surface area contributed by atoms with E-state index >= 15 is 0 Å². The second-order valence-electron chi connectivity index (χ2n) is 7.42. The number of likely N-dealkylation sites (N-methyl/N-ethyl adjacent to an activating group) is 1. The van der Waals surface area contributed by atoms with Crippen molar-refractivity contribution in [2.75, 3.05) is 33.2 Å². The second-order valence-corrected chi connectivity index (χ2v) is 8.85. The van der Waals surface area contributed by atoms with Crippen molar-refractivity contribution in [2.45, 2.75) is 12.8 Å². The fourth-order valence-corrected chi connectivity index (χ4v) is 5.05. The fraction of sp³-hybridized carbons (Fsp3) is 0.333. The highest BCUT2D eigenvalue weighted by molar-refractivity contribution is 7.10. The van der Waals surface area contributed by atoms with E-state index in [0.29, 0.717) is 10.7 Å². The molecule has 1 amide bonds. The molecule has 1 aromatic carbocycles. The number of amides is 1. The topological polar surface area (TPSA) is 41.4 Å². The summed E-state index contributed by atoms with van der Waals surface area (Å²) in [6, 6.07) is 9.80. The first-order chi connectivity index (χ1) is 13.6. The van der Waals surface area contributed by atoms with E-state index < -0.39 is 0 Å². The predicted molar refractivity (Wildman–Crippen MR) is 113 cm³/mol. The predicted octanol–water partition coefficient (Wildman–Crippen LogP) is 3.74. The SMILES string of the molecule is CN1CCN(C(=O)c2nn(-c3ccc(Cl)cc3)c3c2CCc2sccc2-3)CC1. The van der Waals surface area contributed by atoms with Gasteiger partial charge in [0.1, 0.15) is 0 Å². The van der Waals surface area contributed by atoms with Crippen LogP contribution in [0.3, 0.4) is 0 Å². The van der Waals surface area contributed by atoms with E-state index in [4.69, 9.17) is 16.7 Å². The van der Waals surface area contributed by atoms with Gasteiger partial charge in [-0.2, -0.15) is 5.10 Å². The van der Waals surface area contributed by atoms with Crippen molar-refractivity contribution >= 4 is 28.8 Å². The average Bonchev–Trinajstić information content (AvgIpc) is 3.33. The minimum Gasteiger partial charge on any atom is -0.335 e. The maximum absolute atomic E-state index is 13.3. The molecule has 0 N–H and O–H groups in total. The Morgan fingerprint density at radius 1 is 1.07 bits per heavy atom. The lowest BCUT2D eigenvalue weighted by Crippen LogP contribution is -2.47. The third-order valence-electron chi connectivity index (χ3n) is 5.65. The summed E-state index contributed by atoms with van der Waals surface area (Å²) in [5.41, 5.74) is 4.86. The first-order valence-corrected chi connectivity index (χ1v) is 10.8. The van der Waals surface area contributed by atoms with Crippen LogP contribution in [0.4, 0.5) is 0 Å². The van der Waals surface area contributed by atoms with Gasteiger partial charge in [0.25, 0.3) is 5.91 Å². The Balaban J connectivity index is 1.62. The van der Waals surface area contributed by atoms with Crippen LogP contribution >= 0.6 is 22.9 Å². The van der Waals surface area contributed by atoms with E-state index in [-0.39, 0.29) is 5.91 Å². The molecule has 1 aliphatic heterocycles. The number of hydrogen-bond acceptors (Lipinski definition) is 4. The lowest BCUT2D eigenvalue weighted by molar-refractivity contribution is 0.0656. The zero-order chi connectivity index (χ0) is 19.3. The zero-order valence-electron chi connectivity index (χ0n) is 15.7. The molecule has 1 fully saturated rings. The van der Waals surface area contributed by atoms with Crippen LogP contribution in [0, 0.1) is 0 Å². The van der Waals surface area contributed by atoms with Gasteiger partial charge in [-0.3, -0.25) is 4.79 Å². The van der Waals surface area contributed by atoms with Crippen molar-refractivity contribution in [3.8, 4) is 16.9 Å². The van der Waals surface area contributed by atoms with Gasteiger partial charge in [0.05, 0.1) is 11.4 Å². The highest BCUT2D eigenvalue weighted by atomic mass is 35.5. The van der Waals surface area contributed by atoms with Gasteiger partial charge in [-0.1, -0.05) is 11.6 Å². The van der Waals surface area contributed by atoms with E-state index in [9.17, 15) is 4.79 Å². The van der Waals surface area contributed by atoms with Crippen LogP contribution in [0.25, 0.3) is 16.9 Å². The molecule has 144 valence electrons. The fourth-order valence-electron chi connectivity index (χ4n) is 4.05. The number of fused-ring (bicyclic) bond motifs is 3. The second kappa shape index (κ2) is 7.03. The van der Waals surface area contributed by atoms with Gasteiger partial charge in [0.15, 0.2) is 5.69 Å². The summed E-state index contributed by atoms with van der Waals surface area (Å²) in [5, 5.41) is 7.65. The van der Waals surface area contributed by atoms with E-state index in [1.54, 1.807) is 11.3 Å². The van der Waals surface area contributed by atoms with E-state index in [0.717, 1.165) is 56.0 Å². The van der Waals surface area contributed by atoms with Crippen LogP contribution in [-0.4, -0.2) is 58.7 Å². The van der Waals surface area contributed by atoms with Crippen molar-refractivity contribution in [2.24, 2.45) is 0 Å². The summed E-state index contributed by atoms with van der Waals surface area (Å²) in [5.74, 6) is 0.0516. The maximum atomic E-state index is 13.3. The molecule has 0 atom stereocenters. The molecule has 5 rings (SSSR count). The molecule has 0 saturated carbocycles. The van der Waals surface area contributed by atoms with Crippen molar-refractivity contribution in [3.05, 3.63) is 56.9 Å². The Morgan fingerprint density at radius 2 is 1.82 bits per heavy atom. The molecule has 0 spiro atoms. The number of piperazine rings is 1. The number of aryl methyl sites for hydroxylation is 1. The largest absolute Gasteiger partial charge is 0.335 e. The third kappa shape index (κ3) is 2.96. The molecular weight excluding hydrogens is 392 g/mol. The molecule has 0 radical (unpaired) electrons. The molecule has 28 heavy (non-hydrogen) atoms. The number of rotatable bonds is 2. The Bertz CT molecular complexity index is 1030. The van der Waals surface area contributed by atoms with Crippen LogP contribution < -0.4 is 0 Å². The molecule has 2 aromatic heterocycles. The number of hydrogen-bond donors (Lipinski definition) is 0. The van der Waals surface area contributed by atoms with E-state index in [1.807, 2.05) is 33.8 Å². The maximum Gasteiger partial charge on any atom is 0.274 e. The van der Waals surface area contributed by atoms with Gasteiger partial charge in [-0.25, -0.2) is 4.68 Å². The van der Waals surface area contributed by atoms with Crippen LogP contribution in [0.2, 0.25) is 5.02 Å². The van der Waals surface area contributed by atoms with Gasteiger partial charge < -0.3 is 9.80 Å². The van der Waals surface area contributed by atoms with Crippen molar-refractivity contribution in [1.29, 1.82) is 0 Å². The Morgan fingerprint density at radius 3 is 2.57 bits per heavy atom. The zero-order valence-corrected chi connectivity index (χ0v) is 17.3. The number of carbonyl (C=O) groups excluding carboxylic acids is 1. The van der Waals surface area contributed by atoms with Gasteiger partial charge in [0.2, 0.25) is 0 Å². The molecule has 1 saturated heterocycles. The van der Waals surface area contributed by atoms with Gasteiger partial charge >= 0.3 is 0 Å². The molecule has 7 heteroatoms. The minimum absolute atomic E-state index is 0.0516. The number of benzene rings is 1. The number of halogens is 1. The smallest absolute Gasteiger partial charge is 0.274 e. The van der Waals surface area contributed by atoms with Gasteiger partial charge in [-0.15, -0.1) is 11.3 Å². The van der Waals surface area contributed by atoms with E-state index in [1.165, 1.54) is 10.4 Å². The standard InChI is InChI=1S/C21H21ClN4OS/c1-24-9-11-25(12-10-24)21(27)19-17-6-7-18-16(8-13-28-18)20(17)26(23-19)15-4-2-14(22)3-5-15/h2-5,8,13H,6-7,9-12H2,1H3. The summed E-state index contributed by atoms with van der Waals surface area (Å²) in [6.45, 7) is 3.31. The van der Waals surface area contributed by atoms with Crippen LogP contribution in [0.15, 0.2) is 35.7 Å². The first-order valence-electron chi connectivity index (χ1n) is 9.54. The highest BCUT2D eigenvalue weighted by Gasteiger charge is 2.32. The minimum atomic E-state index is 0.0516.